The molecule has 0 N–H and O–H groups in total. The first-order valence-electron chi connectivity index (χ1n) is 4.73. The lowest BCUT2D eigenvalue weighted by Crippen LogP contribution is -2.30. The van der Waals surface area contributed by atoms with Crippen molar-refractivity contribution >= 4 is 9.84 Å². The highest BCUT2D eigenvalue weighted by Crippen LogP contribution is 2.35. The fourth-order valence-electron chi connectivity index (χ4n) is 1.69. The van der Waals surface area contributed by atoms with E-state index in [2.05, 4.69) is 0 Å². The lowest BCUT2D eigenvalue weighted by Gasteiger charge is -2.20. The lowest BCUT2D eigenvalue weighted by atomic mass is 10.0. The Kier molecular flexibility index (Phi) is 2.85. The third-order valence-corrected chi connectivity index (χ3v) is 5.51. The summed E-state index contributed by atoms with van der Waals surface area (Å²) in [5, 5.41) is 0. The number of hydrogen-bond donors (Lipinski definition) is 0. The van der Waals surface area contributed by atoms with E-state index in [4.69, 9.17) is 0 Å². The maximum atomic E-state index is 11.7. The van der Waals surface area contributed by atoms with Crippen LogP contribution in [0.5, 0.6) is 0 Å². The second-order valence-electron chi connectivity index (χ2n) is 4.36. The molecular weight excluding hydrogens is 184 g/mol. The van der Waals surface area contributed by atoms with Crippen molar-refractivity contribution in [2.75, 3.05) is 5.75 Å². The molecule has 0 amide bonds. The molecule has 0 spiro atoms. The summed E-state index contributed by atoms with van der Waals surface area (Å²) in [4.78, 5) is 0. The summed E-state index contributed by atoms with van der Waals surface area (Å²) in [6, 6.07) is 0. The Morgan fingerprint density at radius 3 is 2.46 bits per heavy atom. The van der Waals surface area contributed by atoms with Gasteiger partial charge in [0.05, 0.1) is 10.5 Å². The van der Waals surface area contributed by atoms with Gasteiger partial charge in [-0.25, -0.2) is 8.42 Å². The van der Waals surface area contributed by atoms with E-state index in [1.807, 2.05) is 26.8 Å². The van der Waals surface area contributed by atoms with Crippen LogP contribution in [0.4, 0.5) is 0 Å². The zero-order chi connectivity index (χ0) is 10.1. The van der Waals surface area contributed by atoms with Crippen molar-refractivity contribution in [3.63, 3.8) is 0 Å². The normalized spacial score (nSPS) is 31.6. The van der Waals surface area contributed by atoms with Crippen LogP contribution in [0.15, 0.2) is 11.6 Å². The third kappa shape index (κ3) is 2.13. The van der Waals surface area contributed by atoms with Crippen molar-refractivity contribution in [2.45, 2.75) is 44.8 Å². The second kappa shape index (κ2) is 3.45. The average molecular weight is 202 g/mol. The minimum absolute atomic E-state index is 0.375. The van der Waals surface area contributed by atoms with E-state index in [-0.39, 0.29) is 0 Å². The maximum Gasteiger partial charge on any atom is 0.156 e. The fraction of sp³-hybridized carbons (Fsp3) is 0.800. The van der Waals surface area contributed by atoms with Gasteiger partial charge in [-0.15, -0.1) is 0 Å². The topological polar surface area (TPSA) is 34.1 Å². The van der Waals surface area contributed by atoms with Crippen LogP contribution in [-0.4, -0.2) is 18.9 Å². The number of sulfone groups is 1. The Hall–Kier alpha value is -0.310. The first-order valence-corrected chi connectivity index (χ1v) is 6.38. The molecule has 1 rings (SSSR count). The molecule has 0 bridgehead atoms. The predicted molar refractivity (Wildman–Crippen MR) is 55.5 cm³/mol. The minimum Gasteiger partial charge on any atom is -0.228 e. The lowest BCUT2D eigenvalue weighted by molar-refractivity contribution is 0.538. The number of allylic oxidation sites excluding steroid dienone is 2. The Balaban J connectivity index is 2.83. The van der Waals surface area contributed by atoms with Gasteiger partial charge < -0.3 is 0 Å². The largest absolute Gasteiger partial charge is 0.228 e. The quantitative estimate of drug-likeness (QED) is 0.644. The zero-order valence-corrected chi connectivity index (χ0v) is 9.45. The highest BCUT2D eigenvalue weighted by Gasteiger charge is 2.42. The van der Waals surface area contributed by atoms with E-state index in [9.17, 15) is 8.42 Å². The molecule has 1 heterocycles. The molecular formula is C10H18O2S. The molecule has 0 aromatic heterocycles. The molecule has 1 unspecified atom stereocenters. The minimum atomic E-state index is -2.83. The van der Waals surface area contributed by atoms with Gasteiger partial charge in [0.25, 0.3) is 0 Å². The molecule has 2 nitrogen and oxygen atoms in total. The summed E-state index contributed by atoms with van der Waals surface area (Å²) in [5.41, 5.74) is 1.20. The van der Waals surface area contributed by atoms with Crippen LogP contribution in [0.25, 0.3) is 0 Å². The first kappa shape index (κ1) is 10.8. The molecule has 0 aromatic carbocycles. The van der Waals surface area contributed by atoms with Gasteiger partial charge in [0.1, 0.15) is 0 Å². The van der Waals surface area contributed by atoms with Crippen LogP contribution in [-0.2, 0) is 9.84 Å². The van der Waals surface area contributed by atoms with Crippen molar-refractivity contribution < 1.29 is 8.42 Å². The van der Waals surface area contributed by atoms with Gasteiger partial charge in [-0.05, 0) is 40.0 Å². The second-order valence-corrected chi connectivity index (χ2v) is 6.98. The van der Waals surface area contributed by atoms with Crippen molar-refractivity contribution in [1.29, 1.82) is 0 Å². The maximum absolute atomic E-state index is 11.7. The number of hydrogen-bond acceptors (Lipinski definition) is 2. The van der Waals surface area contributed by atoms with E-state index >= 15 is 0 Å². The van der Waals surface area contributed by atoms with Gasteiger partial charge in [-0.3, -0.25) is 0 Å². The average Bonchev–Trinajstić information content (AvgIpc) is 2.24. The molecule has 76 valence electrons. The molecule has 1 aliphatic heterocycles. The third-order valence-electron chi connectivity index (χ3n) is 2.81. The predicted octanol–water partition coefficient (Wildman–Crippen LogP) is 2.31. The molecule has 1 aliphatic rings. The van der Waals surface area contributed by atoms with Crippen molar-refractivity contribution in [2.24, 2.45) is 0 Å². The fourth-order valence-corrected chi connectivity index (χ4v) is 3.50. The molecule has 3 heteroatoms. The molecule has 13 heavy (non-hydrogen) atoms. The Bertz CT molecular complexity index is 310. The van der Waals surface area contributed by atoms with E-state index in [0.29, 0.717) is 12.2 Å². The van der Waals surface area contributed by atoms with Gasteiger partial charge in [0, 0.05) is 0 Å². The molecule has 1 fully saturated rings. The summed E-state index contributed by atoms with van der Waals surface area (Å²) < 4.78 is 22.9. The Morgan fingerprint density at radius 1 is 1.46 bits per heavy atom. The molecule has 0 aromatic rings. The molecule has 0 saturated carbocycles. The van der Waals surface area contributed by atoms with Crippen LogP contribution in [0, 0.1) is 0 Å². The van der Waals surface area contributed by atoms with Gasteiger partial charge in [0.15, 0.2) is 9.84 Å². The zero-order valence-electron chi connectivity index (χ0n) is 8.63. The van der Waals surface area contributed by atoms with Crippen molar-refractivity contribution in [3.05, 3.63) is 11.6 Å². The van der Waals surface area contributed by atoms with Gasteiger partial charge in [-0.2, -0.15) is 0 Å². The smallest absolute Gasteiger partial charge is 0.156 e. The molecule has 0 aliphatic carbocycles. The summed E-state index contributed by atoms with van der Waals surface area (Å²) in [5.74, 6) is 0.375. The van der Waals surface area contributed by atoms with Crippen LogP contribution in [0.3, 0.4) is 0 Å². The first-order chi connectivity index (χ1) is 5.87. The van der Waals surface area contributed by atoms with Gasteiger partial charge in [0.2, 0.25) is 0 Å². The molecule has 1 atom stereocenters. The summed E-state index contributed by atoms with van der Waals surface area (Å²) in [6.07, 6.45) is 4.36. The van der Waals surface area contributed by atoms with E-state index in [1.54, 1.807) is 0 Å². The van der Waals surface area contributed by atoms with Crippen molar-refractivity contribution in [1.82, 2.24) is 0 Å². The molecule has 1 saturated heterocycles. The van der Waals surface area contributed by atoms with Gasteiger partial charge >= 0.3 is 0 Å². The van der Waals surface area contributed by atoms with E-state index in [1.165, 1.54) is 5.57 Å². The van der Waals surface area contributed by atoms with Crippen LogP contribution >= 0.6 is 0 Å². The Labute approximate surface area is 81.0 Å². The van der Waals surface area contributed by atoms with Crippen molar-refractivity contribution in [3.8, 4) is 0 Å². The van der Waals surface area contributed by atoms with E-state index in [0.717, 1.165) is 12.8 Å². The van der Waals surface area contributed by atoms with E-state index < -0.39 is 14.6 Å². The Morgan fingerprint density at radius 2 is 2.08 bits per heavy atom. The number of rotatable bonds is 2. The van der Waals surface area contributed by atoms with Crippen LogP contribution in [0.1, 0.15) is 40.0 Å². The summed E-state index contributed by atoms with van der Waals surface area (Å²) >= 11 is 0. The molecule has 0 radical (unpaired) electrons. The summed E-state index contributed by atoms with van der Waals surface area (Å²) in [6.45, 7) is 5.88. The van der Waals surface area contributed by atoms with Gasteiger partial charge in [-0.1, -0.05) is 11.6 Å². The highest BCUT2D eigenvalue weighted by atomic mass is 32.2. The van der Waals surface area contributed by atoms with Crippen LogP contribution in [0.2, 0.25) is 0 Å². The monoisotopic (exact) mass is 202 g/mol. The van der Waals surface area contributed by atoms with Crippen LogP contribution < -0.4 is 0 Å². The standard InChI is InChI=1S/C10H18O2S/c1-9(2)5-7-10(3)6-4-8-13(10,11)12/h5H,4,6-8H2,1-3H3. The highest BCUT2D eigenvalue weighted by molar-refractivity contribution is 7.93. The SMILES string of the molecule is CC(C)=CCC1(C)CCCS1(=O)=O. The summed E-state index contributed by atoms with van der Waals surface area (Å²) in [7, 11) is -2.83.